The van der Waals surface area contributed by atoms with Gasteiger partial charge >= 0.3 is 5.97 Å². The minimum atomic E-state index is -0.953. The van der Waals surface area contributed by atoms with Gasteiger partial charge in [-0.05, 0) is 24.1 Å². The summed E-state index contributed by atoms with van der Waals surface area (Å²) < 4.78 is 0. The molecule has 2 rings (SSSR count). The largest absolute Gasteiger partial charge is 0.480 e. The molecular formula is C18H21N3O3. The van der Waals surface area contributed by atoms with Crippen molar-refractivity contribution in [2.24, 2.45) is 0 Å². The number of anilines is 1. The fourth-order valence-electron chi connectivity index (χ4n) is 2.18. The van der Waals surface area contributed by atoms with Crippen molar-refractivity contribution in [1.82, 2.24) is 10.3 Å². The Morgan fingerprint density at radius 2 is 1.92 bits per heavy atom. The fraction of sp³-hybridized carbons (Fsp3) is 0.278. The van der Waals surface area contributed by atoms with Crippen molar-refractivity contribution in [2.75, 3.05) is 11.9 Å². The number of carbonyl (C=O) groups is 2. The average Bonchev–Trinajstić information content (AvgIpc) is 2.60. The summed E-state index contributed by atoms with van der Waals surface area (Å²) in [4.78, 5) is 27.4. The molecular weight excluding hydrogens is 306 g/mol. The van der Waals surface area contributed by atoms with E-state index in [2.05, 4.69) is 15.6 Å². The van der Waals surface area contributed by atoms with Gasteiger partial charge in [-0.25, -0.2) is 9.78 Å². The highest BCUT2D eigenvalue weighted by Gasteiger charge is 2.18. The summed E-state index contributed by atoms with van der Waals surface area (Å²) in [5.74, 6) is -0.717. The molecule has 0 fully saturated rings. The van der Waals surface area contributed by atoms with Crippen molar-refractivity contribution in [3.63, 3.8) is 0 Å². The zero-order valence-electron chi connectivity index (χ0n) is 13.5. The molecule has 0 spiro atoms. The van der Waals surface area contributed by atoms with Crippen LogP contribution in [0.4, 0.5) is 5.82 Å². The molecule has 1 aromatic carbocycles. The van der Waals surface area contributed by atoms with Crippen LogP contribution in [0.2, 0.25) is 0 Å². The number of nitrogens with one attached hydrogen (secondary N) is 2. The third kappa shape index (κ3) is 5.08. The maximum absolute atomic E-state index is 11.8. The zero-order chi connectivity index (χ0) is 17.4. The van der Waals surface area contributed by atoms with Gasteiger partial charge in [0.2, 0.25) is 0 Å². The average molecular weight is 327 g/mol. The second-order valence-corrected chi connectivity index (χ2v) is 5.41. The van der Waals surface area contributed by atoms with Gasteiger partial charge in [-0.15, -0.1) is 0 Å². The van der Waals surface area contributed by atoms with Gasteiger partial charge < -0.3 is 15.7 Å². The lowest BCUT2D eigenvalue weighted by atomic mass is 10.1. The Balaban J connectivity index is 2.02. The van der Waals surface area contributed by atoms with Crippen molar-refractivity contribution >= 4 is 17.7 Å². The summed E-state index contributed by atoms with van der Waals surface area (Å²) in [6.45, 7) is 2.58. The number of rotatable bonds is 8. The maximum Gasteiger partial charge on any atom is 0.326 e. The van der Waals surface area contributed by atoms with Crippen molar-refractivity contribution in [1.29, 1.82) is 0 Å². The molecule has 1 aromatic heterocycles. The molecule has 1 amide bonds. The molecule has 0 unspecified atom stereocenters. The summed E-state index contributed by atoms with van der Waals surface area (Å²) >= 11 is 0. The van der Waals surface area contributed by atoms with Crippen molar-refractivity contribution in [3.05, 3.63) is 59.8 Å². The lowest BCUT2D eigenvalue weighted by Crippen LogP contribution is -2.32. The number of nitrogens with zero attached hydrogens (tertiary/aromatic N) is 1. The van der Waals surface area contributed by atoms with Crippen LogP contribution in [0.1, 0.15) is 29.3 Å². The Morgan fingerprint density at radius 3 is 2.50 bits per heavy atom. The predicted molar refractivity (Wildman–Crippen MR) is 92.1 cm³/mol. The molecule has 3 N–H and O–H groups in total. The number of carbonyl (C=O) groups excluding carboxylic acids is 1. The van der Waals surface area contributed by atoms with E-state index in [-0.39, 0.29) is 5.91 Å². The molecule has 2 aromatic rings. The van der Waals surface area contributed by atoms with E-state index in [1.54, 1.807) is 12.1 Å². The van der Waals surface area contributed by atoms with Gasteiger partial charge in [-0.2, -0.15) is 0 Å². The van der Waals surface area contributed by atoms with Crippen LogP contribution in [-0.4, -0.2) is 34.6 Å². The maximum atomic E-state index is 11.8. The number of amides is 1. The normalized spacial score (nSPS) is 11.5. The Kier molecular flexibility index (Phi) is 6.31. The molecule has 1 atom stereocenters. The number of pyridine rings is 1. The summed E-state index contributed by atoms with van der Waals surface area (Å²) in [7, 11) is 0. The third-order valence-electron chi connectivity index (χ3n) is 3.46. The smallest absolute Gasteiger partial charge is 0.326 e. The fourth-order valence-corrected chi connectivity index (χ4v) is 2.18. The third-order valence-corrected chi connectivity index (χ3v) is 3.46. The topological polar surface area (TPSA) is 91.3 Å². The van der Waals surface area contributed by atoms with Crippen LogP contribution in [-0.2, 0) is 11.2 Å². The van der Waals surface area contributed by atoms with Gasteiger partial charge in [0.05, 0.1) is 5.56 Å². The minimum absolute atomic E-state index is 0.185. The lowest BCUT2D eigenvalue weighted by molar-refractivity contribution is -0.137. The lowest BCUT2D eigenvalue weighted by Gasteiger charge is -2.15. The highest BCUT2D eigenvalue weighted by molar-refractivity contribution is 5.94. The predicted octanol–water partition coefficient (Wildman–Crippen LogP) is 2.33. The first-order valence-electron chi connectivity index (χ1n) is 7.87. The second-order valence-electron chi connectivity index (χ2n) is 5.41. The number of carboxylic acid groups (broad SMARTS) is 1. The minimum Gasteiger partial charge on any atom is -0.480 e. The molecule has 126 valence electrons. The molecule has 6 heteroatoms. The Bertz CT molecular complexity index is 672. The number of benzene rings is 1. The summed E-state index contributed by atoms with van der Waals surface area (Å²) in [6.07, 6.45) is 2.64. The van der Waals surface area contributed by atoms with Gasteiger partial charge in [-0.1, -0.05) is 37.3 Å². The van der Waals surface area contributed by atoms with E-state index in [1.807, 2.05) is 37.3 Å². The number of hydrogen-bond acceptors (Lipinski definition) is 4. The monoisotopic (exact) mass is 327 g/mol. The van der Waals surface area contributed by atoms with E-state index in [4.69, 9.17) is 0 Å². The van der Waals surface area contributed by atoms with E-state index >= 15 is 0 Å². The second kappa shape index (κ2) is 8.67. The van der Waals surface area contributed by atoms with Crippen molar-refractivity contribution in [2.45, 2.75) is 25.8 Å². The standard InChI is InChI=1S/C18H21N3O3/c1-2-10-19-17(22)14-8-9-16(20-12-14)21-15(18(23)24)11-13-6-4-3-5-7-13/h3-9,12,15H,2,10-11H2,1H3,(H,19,22)(H,20,21)(H,23,24)/t15-/m0/s1. The summed E-state index contributed by atoms with van der Waals surface area (Å²) in [5.41, 5.74) is 1.37. The quantitative estimate of drug-likeness (QED) is 0.692. The molecule has 0 saturated carbocycles. The Hall–Kier alpha value is -2.89. The SMILES string of the molecule is CCCNC(=O)c1ccc(N[C@@H](Cc2ccccc2)C(=O)O)nc1. The molecule has 0 aliphatic rings. The first-order valence-corrected chi connectivity index (χ1v) is 7.87. The molecule has 0 aliphatic heterocycles. The van der Waals surface area contributed by atoms with Crippen LogP contribution < -0.4 is 10.6 Å². The highest BCUT2D eigenvalue weighted by Crippen LogP contribution is 2.11. The Labute approximate surface area is 140 Å². The number of carboxylic acids is 1. The first-order chi connectivity index (χ1) is 11.6. The van der Waals surface area contributed by atoms with Gasteiger partial charge in [-0.3, -0.25) is 4.79 Å². The molecule has 24 heavy (non-hydrogen) atoms. The number of aromatic nitrogens is 1. The highest BCUT2D eigenvalue weighted by atomic mass is 16.4. The van der Waals surface area contributed by atoms with E-state index < -0.39 is 12.0 Å². The van der Waals surface area contributed by atoms with Crippen LogP contribution in [0, 0.1) is 0 Å². The molecule has 0 saturated heterocycles. The van der Waals surface area contributed by atoms with Crippen LogP contribution in [0.15, 0.2) is 48.7 Å². The van der Waals surface area contributed by atoms with Crippen LogP contribution in [0.3, 0.4) is 0 Å². The van der Waals surface area contributed by atoms with E-state index in [9.17, 15) is 14.7 Å². The summed E-state index contributed by atoms with van der Waals surface area (Å²) in [6, 6.07) is 11.8. The summed E-state index contributed by atoms with van der Waals surface area (Å²) in [5, 5.41) is 15.0. The molecule has 0 radical (unpaired) electrons. The molecule has 0 bridgehead atoms. The van der Waals surface area contributed by atoms with E-state index in [0.717, 1.165) is 12.0 Å². The molecule has 6 nitrogen and oxygen atoms in total. The number of aliphatic carboxylic acids is 1. The van der Waals surface area contributed by atoms with Crippen molar-refractivity contribution in [3.8, 4) is 0 Å². The van der Waals surface area contributed by atoms with Gasteiger partial charge in [0.1, 0.15) is 11.9 Å². The molecule has 1 heterocycles. The van der Waals surface area contributed by atoms with Gasteiger partial charge in [0.15, 0.2) is 0 Å². The van der Waals surface area contributed by atoms with Crippen LogP contribution >= 0.6 is 0 Å². The first kappa shape index (κ1) is 17.5. The van der Waals surface area contributed by atoms with Crippen LogP contribution in [0.5, 0.6) is 0 Å². The Morgan fingerprint density at radius 1 is 1.17 bits per heavy atom. The zero-order valence-corrected chi connectivity index (χ0v) is 13.5. The van der Waals surface area contributed by atoms with Gasteiger partial charge in [0, 0.05) is 19.2 Å². The van der Waals surface area contributed by atoms with E-state index in [1.165, 1.54) is 6.20 Å². The molecule has 0 aliphatic carbocycles. The number of hydrogen-bond donors (Lipinski definition) is 3. The van der Waals surface area contributed by atoms with Crippen LogP contribution in [0.25, 0.3) is 0 Å². The van der Waals surface area contributed by atoms with E-state index in [0.29, 0.717) is 24.3 Å². The van der Waals surface area contributed by atoms with Crippen molar-refractivity contribution < 1.29 is 14.7 Å². The van der Waals surface area contributed by atoms with Gasteiger partial charge in [0.25, 0.3) is 5.91 Å².